The van der Waals surface area contributed by atoms with Gasteiger partial charge in [-0.3, -0.25) is 0 Å². The van der Waals surface area contributed by atoms with Crippen LogP contribution in [0.15, 0.2) is 0 Å². The lowest BCUT2D eigenvalue weighted by Gasteiger charge is -2.33. The van der Waals surface area contributed by atoms with Crippen LogP contribution in [0, 0.1) is 0 Å². The summed E-state index contributed by atoms with van der Waals surface area (Å²) < 4.78 is 27.6. The predicted molar refractivity (Wildman–Crippen MR) is 70.0 cm³/mol. The Kier molecular flexibility index (Phi) is 7.94. The normalized spacial score (nSPS) is 12.9. The average Bonchev–Trinajstić information content (AvgIpc) is 2.30. The molecule has 0 bridgehead atoms. The molecule has 5 nitrogen and oxygen atoms in total. The van der Waals surface area contributed by atoms with Crippen LogP contribution in [0.3, 0.4) is 0 Å². The highest BCUT2D eigenvalue weighted by molar-refractivity contribution is 7.86. The Morgan fingerprint density at radius 3 is 1.82 bits per heavy atom. The Morgan fingerprint density at radius 2 is 1.53 bits per heavy atom. The molecule has 0 aliphatic carbocycles. The molecule has 17 heavy (non-hydrogen) atoms. The van der Waals surface area contributed by atoms with Crippen LogP contribution in [-0.2, 0) is 10.2 Å². The van der Waals surface area contributed by atoms with Crippen LogP contribution in [0.2, 0.25) is 0 Å². The predicted octanol–water partition coefficient (Wildman–Crippen LogP) is 1.06. The first-order chi connectivity index (χ1) is 7.99. The van der Waals surface area contributed by atoms with Gasteiger partial charge in [0.1, 0.15) is 0 Å². The van der Waals surface area contributed by atoms with Crippen molar-refractivity contribution in [3.63, 3.8) is 0 Å². The Morgan fingerprint density at radius 1 is 1.06 bits per heavy atom. The van der Waals surface area contributed by atoms with Crippen molar-refractivity contribution < 1.29 is 13.5 Å². The first kappa shape index (κ1) is 16.8. The van der Waals surface area contributed by atoms with Crippen molar-refractivity contribution >= 4 is 10.2 Å². The largest absolute Gasteiger partial charge is 0.395 e. The van der Waals surface area contributed by atoms with E-state index in [-0.39, 0.29) is 19.2 Å². The van der Waals surface area contributed by atoms with E-state index < -0.39 is 10.2 Å². The second-order valence-electron chi connectivity index (χ2n) is 3.90. The molecule has 0 aromatic heterocycles. The van der Waals surface area contributed by atoms with E-state index in [0.29, 0.717) is 13.1 Å². The van der Waals surface area contributed by atoms with E-state index in [1.54, 1.807) is 0 Å². The number of nitrogens with zero attached hydrogens (tertiary/aromatic N) is 2. The fraction of sp³-hybridized carbons (Fsp3) is 1.00. The van der Waals surface area contributed by atoms with E-state index in [9.17, 15) is 8.42 Å². The summed E-state index contributed by atoms with van der Waals surface area (Å²) in [6.07, 6.45) is 1.52. The van der Waals surface area contributed by atoms with Gasteiger partial charge in [-0.2, -0.15) is 17.0 Å². The zero-order valence-electron chi connectivity index (χ0n) is 11.4. The molecule has 104 valence electrons. The maximum atomic E-state index is 12.4. The van der Waals surface area contributed by atoms with Crippen LogP contribution in [0.25, 0.3) is 0 Å². The van der Waals surface area contributed by atoms with E-state index in [1.165, 1.54) is 8.61 Å². The molecule has 0 aliphatic rings. The smallest absolute Gasteiger partial charge is 0.282 e. The minimum Gasteiger partial charge on any atom is -0.395 e. The van der Waals surface area contributed by atoms with Crippen LogP contribution in [-0.4, -0.2) is 54.4 Å². The molecule has 0 radical (unpaired) electrons. The molecule has 0 rings (SSSR count). The monoisotopic (exact) mass is 266 g/mol. The quantitative estimate of drug-likeness (QED) is 0.679. The lowest BCUT2D eigenvalue weighted by Crippen LogP contribution is -2.49. The Hall–Kier alpha value is -0.170. The van der Waals surface area contributed by atoms with E-state index in [2.05, 4.69) is 0 Å². The summed E-state index contributed by atoms with van der Waals surface area (Å²) >= 11 is 0. The van der Waals surface area contributed by atoms with Gasteiger partial charge in [-0.1, -0.05) is 27.7 Å². The second-order valence-corrected chi connectivity index (χ2v) is 5.78. The van der Waals surface area contributed by atoms with E-state index in [4.69, 9.17) is 5.11 Å². The topological polar surface area (TPSA) is 60.9 Å². The van der Waals surface area contributed by atoms with E-state index in [0.717, 1.165) is 12.8 Å². The highest BCUT2D eigenvalue weighted by Crippen LogP contribution is 2.16. The van der Waals surface area contributed by atoms with Crippen molar-refractivity contribution in [2.24, 2.45) is 0 Å². The molecule has 0 unspecified atom stereocenters. The van der Waals surface area contributed by atoms with Crippen molar-refractivity contribution in [3.8, 4) is 0 Å². The van der Waals surface area contributed by atoms with Gasteiger partial charge in [0.25, 0.3) is 10.2 Å². The zero-order chi connectivity index (χ0) is 13.5. The van der Waals surface area contributed by atoms with Crippen molar-refractivity contribution in [3.05, 3.63) is 0 Å². The van der Waals surface area contributed by atoms with Crippen LogP contribution < -0.4 is 0 Å². The lowest BCUT2D eigenvalue weighted by atomic mass is 10.2. The van der Waals surface area contributed by atoms with Gasteiger partial charge in [-0.05, 0) is 12.8 Å². The molecule has 0 amide bonds. The maximum Gasteiger partial charge on any atom is 0.282 e. The third-order valence-electron chi connectivity index (χ3n) is 3.00. The van der Waals surface area contributed by atoms with Gasteiger partial charge in [-0.15, -0.1) is 0 Å². The number of hydrogen-bond acceptors (Lipinski definition) is 3. The molecule has 0 heterocycles. The minimum absolute atomic E-state index is 0.0345. The summed E-state index contributed by atoms with van der Waals surface area (Å²) in [5.74, 6) is 0. The lowest BCUT2D eigenvalue weighted by molar-refractivity contribution is 0.209. The third-order valence-corrected chi connectivity index (χ3v) is 5.24. The van der Waals surface area contributed by atoms with Crippen LogP contribution in [0.1, 0.15) is 40.5 Å². The van der Waals surface area contributed by atoms with E-state index in [1.807, 2.05) is 27.7 Å². The molecule has 0 spiro atoms. The second kappa shape index (κ2) is 8.02. The standard InChI is InChI=1S/C11H26N2O3S/c1-5-11(6-2)13(9-10-14)17(15,16)12(7-3)8-4/h11,14H,5-10H2,1-4H3. The molecule has 0 aliphatic heterocycles. The van der Waals surface area contributed by atoms with Crippen molar-refractivity contribution in [1.82, 2.24) is 8.61 Å². The van der Waals surface area contributed by atoms with Gasteiger partial charge in [0.05, 0.1) is 6.61 Å². The molecule has 0 fully saturated rings. The van der Waals surface area contributed by atoms with Gasteiger partial charge in [0.15, 0.2) is 0 Å². The molecule has 0 aromatic carbocycles. The fourth-order valence-electron chi connectivity index (χ4n) is 1.98. The van der Waals surface area contributed by atoms with Crippen molar-refractivity contribution in [1.29, 1.82) is 0 Å². The SMILES string of the molecule is CCC(CC)N(CCO)S(=O)(=O)N(CC)CC. The summed E-state index contributed by atoms with van der Waals surface area (Å²) in [6.45, 7) is 8.53. The number of rotatable bonds is 9. The van der Waals surface area contributed by atoms with Crippen LogP contribution in [0.5, 0.6) is 0 Å². The van der Waals surface area contributed by atoms with Gasteiger partial charge >= 0.3 is 0 Å². The van der Waals surface area contributed by atoms with Gasteiger partial charge in [0, 0.05) is 25.7 Å². The molecule has 6 heteroatoms. The van der Waals surface area contributed by atoms with Crippen molar-refractivity contribution in [2.45, 2.75) is 46.6 Å². The van der Waals surface area contributed by atoms with Crippen molar-refractivity contribution in [2.75, 3.05) is 26.2 Å². The number of aliphatic hydroxyl groups is 1. The maximum absolute atomic E-state index is 12.4. The molecule has 0 aromatic rings. The third kappa shape index (κ3) is 4.21. The molecule has 0 atom stereocenters. The molecule has 0 saturated carbocycles. The molecular formula is C11H26N2O3S. The fourth-order valence-corrected chi connectivity index (χ4v) is 3.92. The summed E-state index contributed by atoms with van der Waals surface area (Å²) in [5.41, 5.74) is 0. The minimum atomic E-state index is -3.44. The van der Waals surface area contributed by atoms with Gasteiger partial charge in [-0.25, -0.2) is 0 Å². The van der Waals surface area contributed by atoms with Gasteiger partial charge in [0.2, 0.25) is 0 Å². The zero-order valence-corrected chi connectivity index (χ0v) is 12.2. The number of hydrogen-bond donors (Lipinski definition) is 1. The summed E-state index contributed by atoms with van der Waals surface area (Å²) in [7, 11) is -3.44. The van der Waals surface area contributed by atoms with E-state index >= 15 is 0 Å². The van der Waals surface area contributed by atoms with Crippen LogP contribution in [0.4, 0.5) is 0 Å². The first-order valence-electron chi connectivity index (χ1n) is 6.37. The highest BCUT2D eigenvalue weighted by atomic mass is 32.2. The van der Waals surface area contributed by atoms with Gasteiger partial charge < -0.3 is 5.11 Å². The molecule has 1 N–H and O–H groups in total. The first-order valence-corrected chi connectivity index (χ1v) is 7.76. The summed E-state index contributed by atoms with van der Waals surface area (Å²) in [4.78, 5) is 0. The summed E-state index contributed by atoms with van der Waals surface area (Å²) in [5, 5.41) is 9.04. The number of aliphatic hydroxyl groups excluding tert-OH is 1. The summed E-state index contributed by atoms with van der Waals surface area (Å²) in [6, 6.07) is -0.0345. The highest BCUT2D eigenvalue weighted by Gasteiger charge is 2.31. The Bertz CT molecular complexity index is 285. The Balaban J connectivity index is 5.15. The molecular weight excluding hydrogens is 240 g/mol. The average molecular weight is 266 g/mol. The molecule has 0 saturated heterocycles. The van der Waals surface area contributed by atoms with Crippen LogP contribution >= 0.6 is 0 Å². The Labute approximate surface area is 106 Å².